The van der Waals surface area contributed by atoms with Crippen LogP contribution in [0.1, 0.15) is 5.56 Å². The molecule has 0 aliphatic carbocycles. The van der Waals surface area contributed by atoms with Gasteiger partial charge in [0.25, 0.3) is 0 Å². The van der Waals surface area contributed by atoms with Crippen LogP contribution in [-0.2, 0) is 0 Å². The molecule has 104 valence electrons. The molecular weight excluding hydrogens is 246 g/mol. The van der Waals surface area contributed by atoms with Crippen LogP contribution in [0.5, 0.6) is 0 Å². The Hall–Kier alpha value is -2.16. The second kappa shape index (κ2) is 5.45. The summed E-state index contributed by atoms with van der Waals surface area (Å²) in [5.41, 5.74) is 10.6. The van der Waals surface area contributed by atoms with Gasteiger partial charge in [0.15, 0.2) is 0 Å². The van der Waals surface area contributed by atoms with Crippen LogP contribution in [0, 0.1) is 6.92 Å². The molecule has 1 fully saturated rings. The van der Waals surface area contributed by atoms with E-state index in [1.54, 1.807) is 0 Å². The van der Waals surface area contributed by atoms with Crippen LogP contribution in [0.3, 0.4) is 0 Å². The molecule has 0 amide bonds. The quantitative estimate of drug-likeness (QED) is 0.849. The van der Waals surface area contributed by atoms with E-state index in [-0.39, 0.29) is 0 Å². The van der Waals surface area contributed by atoms with Crippen LogP contribution < -0.4 is 15.5 Å². The molecule has 1 heterocycles. The second-order valence-corrected chi connectivity index (χ2v) is 5.35. The first-order chi connectivity index (χ1) is 9.74. The summed E-state index contributed by atoms with van der Waals surface area (Å²) in [5, 5.41) is 0. The SMILES string of the molecule is Cc1ccc(N2CCN(c3ccccc3)CC2)cc1N. The molecular formula is C17H21N3. The zero-order valence-corrected chi connectivity index (χ0v) is 11.9. The number of nitrogen functional groups attached to an aromatic ring is 1. The molecule has 2 aromatic rings. The van der Waals surface area contributed by atoms with Crippen LogP contribution in [0.2, 0.25) is 0 Å². The van der Waals surface area contributed by atoms with Gasteiger partial charge in [-0.05, 0) is 36.8 Å². The third-order valence-electron chi connectivity index (χ3n) is 4.03. The molecule has 2 aromatic carbocycles. The van der Waals surface area contributed by atoms with Gasteiger partial charge >= 0.3 is 0 Å². The molecule has 0 aromatic heterocycles. The van der Waals surface area contributed by atoms with Crippen molar-refractivity contribution in [2.45, 2.75) is 6.92 Å². The van der Waals surface area contributed by atoms with Gasteiger partial charge in [0.05, 0.1) is 0 Å². The summed E-state index contributed by atoms with van der Waals surface area (Å²) in [5.74, 6) is 0. The molecule has 2 N–H and O–H groups in total. The predicted octanol–water partition coefficient (Wildman–Crippen LogP) is 2.90. The molecule has 20 heavy (non-hydrogen) atoms. The normalized spacial score (nSPS) is 15.4. The summed E-state index contributed by atoms with van der Waals surface area (Å²) in [6.45, 7) is 6.23. The van der Waals surface area contributed by atoms with Crippen molar-refractivity contribution in [3.8, 4) is 0 Å². The number of para-hydroxylation sites is 1. The molecule has 3 nitrogen and oxygen atoms in total. The average Bonchev–Trinajstić information content (AvgIpc) is 2.51. The fraction of sp³-hybridized carbons (Fsp3) is 0.294. The van der Waals surface area contributed by atoms with Gasteiger partial charge in [0, 0.05) is 43.2 Å². The second-order valence-electron chi connectivity index (χ2n) is 5.35. The number of nitrogens with zero attached hydrogens (tertiary/aromatic N) is 2. The van der Waals surface area contributed by atoms with Gasteiger partial charge < -0.3 is 15.5 Å². The van der Waals surface area contributed by atoms with E-state index < -0.39 is 0 Å². The monoisotopic (exact) mass is 267 g/mol. The van der Waals surface area contributed by atoms with Crippen LogP contribution in [0.4, 0.5) is 17.1 Å². The van der Waals surface area contributed by atoms with Crippen molar-refractivity contribution in [2.24, 2.45) is 0 Å². The van der Waals surface area contributed by atoms with E-state index in [2.05, 4.69) is 58.3 Å². The molecule has 0 saturated carbocycles. The Balaban J connectivity index is 1.68. The lowest BCUT2D eigenvalue weighted by molar-refractivity contribution is 0.653. The van der Waals surface area contributed by atoms with E-state index in [0.29, 0.717) is 0 Å². The molecule has 1 aliphatic rings. The average molecular weight is 267 g/mol. The third-order valence-corrected chi connectivity index (χ3v) is 4.03. The number of hydrogen-bond acceptors (Lipinski definition) is 3. The van der Waals surface area contributed by atoms with Crippen molar-refractivity contribution in [2.75, 3.05) is 41.7 Å². The summed E-state index contributed by atoms with van der Waals surface area (Å²) >= 11 is 0. The lowest BCUT2D eigenvalue weighted by atomic mass is 10.1. The van der Waals surface area contributed by atoms with Crippen molar-refractivity contribution in [1.82, 2.24) is 0 Å². The Morgan fingerprint density at radius 3 is 2.00 bits per heavy atom. The van der Waals surface area contributed by atoms with Crippen molar-refractivity contribution < 1.29 is 0 Å². The summed E-state index contributed by atoms with van der Waals surface area (Å²) < 4.78 is 0. The van der Waals surface area contributed by atoms with Crippen LogP contribution in [0.25, 0.3) is 0 Å². The number of piperazine rings is 1. The first-order valence-electron chi connectivity index (χ1n) is 7.15. The lowest BCUT2D eigenvalue weighted by Gasteiger charge is -2.37. The van der Waals surface area contributed by atoms with E-state index in [9.17, 15) is 0 Å². The van der Waals surface area contributed by atoms with E-state index in [1.807, 2.05) is 6.92 Å². The van der Waals surface area contributed by atoms with Crippen molar-refractivity contribution in [1.29, 1.82) is 0 Å². The Labute approximate surface area is 120 Å². The third kappa shape index (κ3) is 2.57. The molecule has 0 unspecified atom stereocenters. The van der Waals surface area contributed by atoms with Gasteiger partial charge in [-0.15, -0.1) is 0 Å². The number of nitrogens with two attached hydrogens (primary N) is 1. The van der Waals surface area contributed by atoms with E-state index >= 15 is 0 Å². The van der Waals surface area contributed by atoms with Gasteiger partial charge in [-0.25, -0.2) is 0 Å². The Bertz CT molecular complexity index is 572. The maximum Gasteiger partial charge on any atom is 0.0388 e. The van der Waals surface area contributed by atoms with Gasteiger partial charge in [0.2, 0.25) is 0 Å². The first kappa shape index (κ1) is 12.9. The highest BCUT2D eigenvalue weighted by Crippen LogP contribution is 2.23. The highest BCUT2D eigenvalue weighted by Gasteiger charge is 2.17. The maximum atomic E-state index is 6.01. The van der Waals surface area contributed by atoms with Crippen LogP contribution in [-0.4, -0.2) is 26.2 Å². The molecule has 0 bridgehead atoms. The summed E-state index contributed by atoms with van der Waals surface area (Å²) in [6.07, 6.45) is 0. The minimum Gasteiger partial charge on any atom is -0.398 e. The summed E-state index contributed by atoms with van der Waals surface area (Å²) in [4.78, 5) is 4.85. The molecule has 1 saturated heterocycles. The molecule has 3 rings (SSSR count). The Kier molecular flexibility index (Phi) is 3.50. The van der Waals surface area contributed by atoms with Gasteiger partial charge in [-0.3, -0.25) is 0 Å². The Morgan fingerprint density at radius 1 is 0.800 bits per heavy atom. The molecule has 3 heteroatoms. The lowest BCUT2D eigenvalue weighted by Crippen LogP contribution is -2.46. The zero-order chi connectivity index (χ0) is 13.9. The van der Waals surface area contributed by atoms with Crippen LogP contribution >= 0.6 is 0 Å². The number of benzene rings is 2. The van der Waals surface area contributed by atoms with Gasteiger partial charge in [0.1, 0.15) is 0 Å². The number of aryl methyl sites for hydroxylation is 1. The molecule has 1 aliphatic heterocycles. The van der Waals surface area contributed by atoms with Crippen LogP contribution in [0.15, 0.2) is 48.5 Å². The highest BCUT2D eigenvalue weighted by atomic mass is 15.3. The fourth-order valence-corrected chi connectivity index (χ4v) is 2.69. The van der Waals surface area contributed by atoms with Gasteiger partial charge in [-0.2, -0.15) is 0 Å². The smallest absolute Gasteiger partial charge is 0.0388 e. The fourth-order valence-electron chi connectivity index (χ4n) is 2.69. The van der Waals surface area contributed by atoms with E-state index in [0.717, 1.165) is 37.4 Å². The zero-order valence-electron chi connectivity index (χ0n) is 11.9. The highest BCUT2D eigenvalue weighted by molar-refractivity contribution is 5.60. The number of rotatable bonds is 2. The minimum atomic E-state index is 0.882. The predicted molar refractivity (Wildman–Crippen MR) is 86.5 cm³/mol. The number of anilines is 3. The molecule has 0 radical (unpaired) electrons. The van der Waals surface area contributed by atoms with E-state index in [1.165, 1.54) is 11.4 Å². The number of hydrogen-bond donors (Lipinski definition) is 1. The standard InChI is InChI=1S/C17H21N3/c1-14-7-8-16(13-17(14)18)20-11-9-19(10-12-20)15-5-3-2-4-6-15/h2-8,13H,9-12,18H2,1H3. The first-order valence-corrected chi connectivity index (χ1v) is 7.15. The Morgan fingerprint density at radius 2 is 1.40 bits per heavy atom. The van der Waals surface area contributed by atoms with Crippen molar-refractivity contribution in [3.63, 3.8) is 0 Å². The van der Waals surface area contributed by atoms with Gasteiger partial charge in [-0.1, -0.05) is 24.3 Å². The largest absolute Gasteiger partial charge is 0.398 e. The molecule has 0 atom stereocenters. The summed E-state index contributed by atoms with van der Waals surface area (Å²) in [7, 11) is 0. The van der Waals surface area contributed by atoms with E-state index in [4.69, 9.17) is 5.73 Å². The van der Waals surface area contributed by atoms with Crippen molar-refractivity contribution >= 4 is 17.1 Å². The van der Waals surface area contributed by atoms with Crippen molar-refractivity contribution in [3.05, 3.63) is 54.1 Å². The molecule has 0 spiro atoms. The maximum absolute atomic E-state index is 6.01. The topological polar surface area (TPSA) is 32.5 Å². The minimum absolute atomic E-state index is 0.882. The summed E-state index contributed by atoms with van der Waals surface area (Å²) in [6, 6.07) is 17.0.